The molecule has 162 valence electrons. The molecule has 1 saturated carbocycles. The summed E-state index contributed by atoms with van der Waals surface area (Å²) >= 11 is 0. The zero-order chi connectivity index (χ0) is 22.6. The van der Waals surface area contributed by atoms with Crippen LogP contribution in [0.1, 0.15) is 38.3 Å². The first-order valence-corrected chi connectivity index (χ1v) is 10.8. The minimum absolute atomic E-state index is 0.121. The van der Waals surface area contributed by atoms with Crippen LogP contribution < -0.4 is 4.90 Å². The lowest BCUT2D eigenvalue weighted by Crippen LogP contribution is -2.33. The van der Waals surface area contributed by atoms with E-state index in [0.29, 0.717) is 11.3 Å². The summed E-state index contributed by atoms with van der Waals surface area (Å²) in [7, 11) is 0. The number of Topliss-reactive ketones (excluding diaryl/α,β-unsaturated/α-hetero) is 1. The predicted molar refractivity (Wildman–Crippen MR) is 117 cm³/mol. The van der Waals surface area contributed by atoms with Crippen molar-refractivity contribution in [2.24, 2.45) is 23.7 Å². The van der Waals surface area contributed by atoms with Gasteiger partial charge in [-0.3, -0.25) is 14.4 Å². The van der Waals surface area contributed by atoms with Gasteiger partial charge in [0.2, 0.25) is 11.8 Å². The number of anilines is 1. The molecule has 1 aliphatic heterocycles. The summed E-state index contributed by atoms with van der Waals surface area (Å²) in [6.45, 7) is 3.49. The summed E-state index contributed by atoms with van der Waals surface area (Å²) in [5, 5.41) is 0. The Balaban J connectivity index is 1.29. The molecular weight excluding hydrogens is 406 g/mol. The van der Waals surface area contributed by atoms with Crippen molar-refractivity contribution < 1.29 is 23.9 Å². The second-order valence-corrected chi connectivity index (χ2v) is 8.86. The Labute approximate surface area is 185 Å². The number of allylic oxidation sites excluding steroid dienone is 2. The molecule has 4 atom stereocenters. The third kappa shape index (κ3) is 3.18. The van der Waals surface area contributed by atoms with Gasteiger partial charge in [-0.15, -0.1) is 0 Å². The predicted octanol–water partition coefficient (Wildman–Crippen LogP) is 3.65. The van der Waals surface area contributed by atoms with E-state index in [0.717, 1.165) is 17.5 Å². The largest absolute Gasteiger partial charge is 0.454 e. The Bertz CT molecular complexity index is 1170. The lowest BCUT2D eigenvalue weighted by Gasteiger charge is -2.18. The molecule has 2 bridgehead atoms. The van der Waals surface area contributed by atoms with Crippen LogP contribution in [0.4, 0.5) is 5.69 Å². The number of hydrogen-bond donors (Lipinski definition) is 0. The number of rotatable bonds is 5. The number of carbonyl (C=O) groups excluding carboxylic acids is 4. The second kappa shape index (κ2) is 7.55. The summed E-state index contributed by atoms with van der Waals surface area (Å²) in [6.07, 6.45) is 4.95. The van der Waals surface area contributed by atoms with Crippen LogP contribution in [0.15, 0.2) is 54.6 Å². The molecule has 5 rings (SSSR count). The van der Waals surface area contributed by atoms with Crippen molar-refractivity contribution in [3.8, 4) is 0 Å². The molecule has 0 radical (unpaired) electrons. The van der Waals surface area contributed by atoms with Crippen molar-refractivity contribution in [3.05, 3.63) is 76.9 Å². The van der Waals surface area contributed by atoms with Crippen LogP contribution in [0.3, 0.4) is 0 Å². The summed E-state index contributed by atoms with van der Waals surface area (Å²) in [4.78, 5) is 52.2. The number of ketones is 1. The van der Waals surface area contributed by atoms with Crippen LogP contribution in [-0.4, -0.2) is 30.2 Å². The molecule has 6 nitrogen and oxygen atoms in total. The van der Waals surface area contributed by atoms with E-state index in [1.54, 1.807) is 30.3 Å². The number of carbonyl (C=O) groups is 4. The monoisotopic (exact) mass is 429 g/mol. The lowest BCUT2D eigenvalue weighted by atomic mass is 9.85. The molecule has 1 saturated heterocycles. The van der Waals surface area contributed by atoms with E-state index < -0.39 is 5.97 Å². The highest BCUT2D eigenvalue weighted by Gasteiger charge is 2.59. The average molecular weight is 429 g/mol. The quantitative estimate of drug-likeness (QED) is 0.314. The van der Waals surface area contributed by atoms with Gasteiger partial charge in [-0.05, 0) is 67.5 Å². The van der Waals surface area contributed by atoms with E-state index in [9.17, 15) is 19.2 Å². The number of amides is 2. The van der Waals surface area contributed by atoms with Crippen molar-refractivity contribution in [1.29, 1.82) is 0 Å². The summed E-state index contributed by atoms with van der Waals surface area (Å²) in [5.41, 5.74) is 3.10. The molecular formula is C26H23NO5. The summed E-state index contributed by atoms with van der Waals surface area (Å²) in [5.74, 6) is -1.73. The standard InChI is InChI=1S/C26H23NO5/c1-14-6-7-16(10-15(14)2)21(28)13-32-26(31)19-4-3-5-20(12-19)27-24(29)22-17-8-9-18(11-17)23(22)25(27)30/h3-10,12,17-18,22-23H,11,13H2,1-2H3/t17-,18-,22-,23+/m0/s1. The fraction of sp³-hybridized carbons (Fsp3) is 0.308. The van der Waals surface area contributed by atoms with E-state index in [-0.39, 0.29) is 53.4 Å². The molecule has 6 heteroatoms. The van der Waals surface area contributed by atoms with Crippen molar-refractivity contribution in [3.63, 3.8) is 0 Å². The molecule has 2 fully saturated rings. The minimum atomic E-state index is -0.676. The van der Waals surface area contributed by atoms with E-state index in [1.807, 2.05) is 32.1 Å². The number of imide groups is 1. The molecule has 2 aliphatic carbocycles. The summed E-state index contributed by atoms with van der Waals surface area (Å²) in [6, 6.07) is 11.6. The Kier molecular flexibility index (Phi) is 4.81. The fourth-order valence-corrected chi connectivity index (χ4v) is 5.14. The molecule has 32 heavy (non-hydrogen) atoms. The molecule has 1 heterocycles. The first-order chi connectivity index (χ1) is 15.3. The van der Waals surface area contributed by atoms with E-state index >= 15 is 0 Å². The number of hydrogen-bond acceptors (Lipinski definition) is 5. The number of ether oxygens (including phenoxy) is 1. The van der Waals surface area contributed by atoms with Crippen LogP contribution in [0.5, 0.6) is 0 Å². The lowest BCUT2D eigenvalue weighted by molar-refractivity contribution is -0.123. The molecule has 0 unspecified atom stereocenters. The van der Waals surface area contributed by atoms with Crippen molar-refractivity contribution in [2.45, 2.75) is 20.3 Å². The first kappa shape index (κ1) is 20.4. The number of aryl methyl sites for hydroxylation is 2. The maximum atomic E-state index is 13.0. The van der Waals surface area contributed by atoms with Gasteiger partial charge >= 0.3 is 5.97 Å². The van der Waals surface area contributed by atoms with Crippen LogP contribution in [0.2, 0.25) is 0 Å². The van der Waals surface area contributed by atoms with Crippen molar-refractivity contribution in [1.82, 2.24) is 0 Å². The van der Waals surface area contributed by atoms with Gasteiger partial charge < -0.3 is 4.74 Å². The van der Waals surface area contributed by atoms with Crippen LogP contribution in [-0.2, 0) is 14.3 Å². The molecule has 0 spiro atoms. The zero-order valence-corrected chi connectivity index (χ0v) is 17.9. The van der Waals surface area contributed by atoms with Gasteiger partial charge in [0.1, 0.15) is 0 Å². The highest BCUT2D eigenvalue weighted by atomic mass is 16.5. The number of esters is 1. The van der Waals surface area contributed by atoms with Gasteiger partial charge in [0, 0.05) is 5.56 Å². The Morgan fingerprint density at radius 1 is 0.906 bits per heavy atom. The highest BCUT2D eigenvalue weighted by molar-refractivity contribution is 6.23. The fourth-order valence-electron chi connectivity index (χ4n) is 5.14. The van der Waals surface area contributed by atoms with Crippen molar-refractivity contribution in [2.75, 3.05) is 11.5 Å². The van der Waals surface area contributed by atoms with Crippen LogP contribution in [0, 0.1) is 37.5 Å². The Morgan fingerprint density at radius 3 is 2.25 bits per heavy atom. The molecule has 0 aromatic heterocycles. The first-order valence-electron chi connectivity index (χ1n) is 10.8. The van der Waals surface area contributed by atoms with E-state index in [4.69, 9.17) is 4.74 Å². The molecule has 0 N–H and O–H groups in total. The SMILES string of the molecule is Cc1ccc(C(=O)COC(=O)c2cccc(N3C(=O)[C@@H]4[C@H](C3=O)[C@H]3C=C[C@H]4C3)c2)cc1C. The van der Waals surface area contributed by atoms with Gasteiger partial charge in [0.15, 0.2) is 12.4 Å². The van der Waals surface area contributed by atoms with E-state index in [2.05, 4.69) is 0 Å². The maximum Gasteiger partial charge on any atom is 0.338 e. The van der Waals surface area contributed by atoms with Gasteiger partial charge in [-0.25, -0.2) is 9.69 Å². The third-order valence-corrected chi connectivity index (χ3v) is 6.97. The minimum Gasteiger partial charge on any atom is -0.454 e. The van der Waals surface area contributed by atoms with Crippen LogP contribution in [0.25, 0.3) is 0 Å². The molecule has 3 aliphatic rings. The average Bonchev–Trinajstić information content (AvgIpc) is 3.47. The summed E-state index contributed by atoms with van der Waals surface area (Å²) < 4.78 is 5.22. The second-order valence-electron chi connectivity index (χ2n) is 8.86. The normalized spacial score (nSPS) is 25.4. The Morgan fingerprint density at radius 2 is 1.59 bits per heavy atom. The van der Waals surface area contributed by atoms with Gasteiger partial charge in [-0.2, -0.15) is 0 Å². The van der Waals surface area contributed by atoms with Gasteiger partial charge in [0.05, 0.1) is 23.1 Å². The highest BCUT2D eigenvalue weighted by Crippen LogP contribution is 2.53. The molecule has 2 amide bonds. The van der Waals surface area contributed by atoms with Crippen LogP contribution >= 0.6 is 0 Å². The zero-order valence-electron chi connectivity index (χ0n) is 17.9. The van der Waals surface area contributed by atoms with Crippen molar-refractivity contribution >= 4 is 29.3 Å². The topological polar surface area (TPSA) is 80.8 Å². The Hall–Kier alpha value is -3.54. The molecule has 2 aromatic rings. The number of fused-ring (bicyclic) bond motifs is 5. The van der Waals surface area contributed by atoms with Gasteiger partial charge in [0.25, 0.3) is 0 Å². The third-order valence-electron chi connectivity index (χ3n) is 6.97. The van der Waals surface area contributed by atoms with E-state index in [1.165, 1.54) is 11.0 Å². The van der Waals surface area contributed by atoms with Gasteiger partial charge in [-0.1, -0.05) is 30.4 Å². The molecule has 2 aromatic carbocycles. The smallest absolute Gasteiger partial charge is 0.338 e. The number of benzene rings is 2. The maximum absolute atomic E-state index is 13.0. The number of nitrogens with zero attached hydrogens (tertiary/aromatic N) is 1.